The number of methoxy groups -OCH3 is 2. The lowest BCUT2D eigenvalue weighted by atomic mass is 9.97. The molecule has 4 rings (SSSR count). The van der Waals surface area contributed by atoms with Crippen LogP contribution in [-0.4, -0.2) is 45.2 Å². The van der Waals surface area contributed by atoms with Crippen molar-refractivity contribution in [1.82, 2.24) is 9.46 Å². The van der Waals surface area contributed by atoms with Crippen LogP contribution in [-0.2, 0) is 16.2 Å². The van der Waals surface area contributed by atoms with E-state index in [-0.39, 0.29) is 27.2 Å². The van der Waals surface area contributed by atoms with E-state index in [0.717, 1.165) is 23.0 Å². The van der Waals surface area contributed by atoms with Gasteiger partial charge in [0.15, 0.2) is 0 Å². The number of rotatable bonds is 6. The zero-order valence-corrected chi connectivity index (χ0v) is 18.7. The first-order valence-electron chi connectivity index (χ1n) is 9.49. The highest BCUT2D eigenvalue weighted by atomic mass is 32.2. The maximum absolute atomic E-state index is 13.2. The monoisotopic (exact) mass is 488 g/mol. The van der Waals surface area contributed by atoms with E-state index in [1.54, 1.807) is 26.4 Å². The number of hydrogen-bond donors (Lipinski definition) is 0. The molecule has 1 aliphatic heterocycles. The molecule has 0 radical (unpaired) electrons. The van der Waals surface area contributed by atoms with Crippen molar-refractivity contribution in [2.75, 3.05) is 27.3 Å². The molecule has 2 aromatic heterocycles. The van der Waals surface area contributed by atoms with Crippen LogP contribution in [0.1, 0.15) is 23.7 Å². The first-order valence-corrected chi connectivity index (χ1v) is 11.8. The number of halogens is 3. The molecule has 7 nitrogen and oxygen atoms in total. The molecule has 1 fully saturated rings. The normalized spacial score (nSPS) is 17.6. The van der Waals surface area contributed by atoms with Gasteiger partial charge >= 0.3 is 6.18 Å². The Morgan fingerprint density at radius 2 is 1.94 bits per heavy atom. The number of ether oxygens (including phenoxy) is 2. The highest BCUT2D eigenvalue weighted by molar-refractivity contribution is 7.91. The van der Waals surface area contributed by atoms with Gasteiger partial charge in [-0.3, -0.25) is 0 Å². The summed E-state index contributed by atoms with van der Waals surface area (Å²) in [5.74, 6) is -0.0186. The summed E-state index contributed by atoms with van der Waals surface area (Å²) in [4.78, 5) is 0.271. The Hall–Kier alpha value is -2.57. The summed E-state index contributed by atoms with van der Waals surface area (Å²) < 4.78 is 81.0. The fourth-order valence-corrected chi connectivity index (χ4v) is 6.52. The maximum Gasteiger partial charge on any atom is 0.452 e. The largest absolute Gasteiger partial charge is 0.497 e. The van der Waals surface area contributed by atoms with Gasteiger partial charge in [-0.2, -0.15) is 17.5 Å². The van der Waals surface area contributed by atoms with E-state index in [4.69, 9.17) is 9.47 Å². The van der Waals surface area contributed by atoms with E-state index >= 15 is 0 Å². The minimum Gasteiger partial charge on any atom is -0.497 e. The number of aromatic nitrogens is 1. The number of thiophene rings is 1. The molecular formula is C20H19F3N2O5S2. The average molecular weight is 489 g/mol. The zero-order valence-electron chi connectivity index (χ0n) is 17.0. The molecule has 1 atom stereocenters. The molecule has 0 N–H and O–H groups in total. The van der Waals surface area contributed by atoms with Gasteiger partial charge in [0, 0.05) is 30.6 Å². The van der Waals surface area contributed by atoms with Crippen LogP contribution < -0.4 is 9.47 Å². The molecule has 0 amide bonds. The SMILES string of the molecule is COc1ccc(OC)c([C@@H]2CCN(S(=O)(=O)c3ccc(-c4cc(C(F)(F)F)on4)s3)C2)c1. The summed E-state index contributed by atoms with van der Waals surface area (Å²) in [6.07, 6.45) is -4.07. The summed E-state index contributed by atoms with van der Waals surface area (Å²) in [5.41, 5.74) is 0.794. The van der Waals surface area contributed by atoms with Crippen molar-refractivity contribution in [3.63, 3.8) is 0 Å². The molecule has 3 aromatic rings. The molecule has 1 aliphatic rings. The second-order valence-corrected chi connectivity index (χ2v) is 10.4. The van der Waals surface area contributed by atoms with Crippen molar-refractivity contribution in [2.45, 2.75) is 22.7 Å². The van der Waals surface area contributed by atoms with Gasteiger partial charge < -0.3 is 14.0 Å². The third kappa shape index (κ3) is 4.21. The van der Waals surface area contributed by atoms with Crippen molar-refractivity contribution in [2.24, 2.45) is 0 Å². The van der Waals surface area contributed by atoms with E-state index in [1.807, 2.05) is 6.07 Å². The summed E-state index contributed by atoms with van der Waals surface area (Å²) >= 11 is 0.850. The van der Waals surface area contributed by atoms with Gasteiger partial charge in [-0.1, -0.05) is 5.16 Å². The van der Waals surface area contributed by atoms with Crippen LogP contribution in [0.4, 0.5) is 13.2 Å². The number of alkyl halides is 3. The lowest BCUT2D eigenvalue weighted by Crippen LogP contribution is -2.28. The molecule has 0 aliphatic carbocycles. The Morgan fingerprint density at radius 3 is 2.59 bits per heavy atom. The second kappa shape index (κ2) is 8.41. The Balaban J connectivity index is 1.55. The molecule has 0 unspecified atom stereocenters. The average Bonchev–Trinajstić information content (AvgIpc) is 3.52. The molecule has 0 saturated carbocycles. The van der Waals surface area contributed by atoms with Crippen LogP contribution >= 0.6 is 11.3 Å². The van der Waals surface area contributed by atoms with Gasteiger partial charge in [-0.15, -0.1) is 11.3 Å². The van der Waals surface area contributed by atoms with E-state index in [2.05, 4.69) is 9.68 Å². The molecule has 3 heterocycles. The summed E-state index contributed by atoms with van der Waals surface area (Å²) in [6.45, 7) is 0.560. The standard InChI is InChI=1S/C20H19F3N2O5S2/c1-28-13-3-4-16(29-2)14(9-13)12-7-8-25(11-12)32(26,27)19-6-5-17(31-19)15-10-18(30-24-15)20(21,22)23/h3-6,9-10,12H,7-8,11H2,1-2H3/t12-/m1/s1. The molecule has 1 saturated heterocycles. The third-order valence-electron chi connectivity index (χ3n) is 5.25. The molecule has 1 aromatic carbocycles. The van der Waals surface area contributed by atoms with Crippen molar-refractivity contribution in [1.29, 1.82) is 0 Å². The first-order chi connectivity index (χ1) is 15.1. The predicted octanol–water partition coefficient (Wildman–Crippen LogP) is 4.62. The molecular weight excluding hydrogens is 469 g/mol. The van der Waals surface area contributed by atoms with Crippen LogP contribution in [0, 0.1) is 0 Å². The molecule has 12 heteroatoms. The Morgan fingerprint density at radius 1 is 1.16 bits per heavy atom. The van der Waals surface area contributed by atoms with E-state index in [9.17, 15) is 21.6 Å². The van der Waals surface area contributed by atoms with Crippen LogP contribution in [0.5, 0.6) is 11.5 Å². The van der Waals surface area contributed by atoms with Crippen molar-refractivity contribution in [3.8, 4) is 22.1 Å². The van der Waals surface area contributed by atoms with Gasteiger partial charge in [0.1, 0.15) is 21.4 Å². The number of nitrogens with zero attached hydrogens (tertiary/aromatic N) is 2. The highest BCUT2D eigenvalue weighted by Gasteiger charge is 2.37. The summed E-state index contributed by atoms with van der Waals surface area (Å²) in [6, 6.07) is 8.94. The second-order valence-electron chi connectivity index (χ2n) is 7.15. The minimum absolute atomic E-state index is 0.0299. The van der Waals surface area contributed by atoms with Gasteiger partial charge in [0.2, 0.25) is 5.76 Å². The lowest BCUT2D eigenvalue weighted by Gasteiger charge is -2.18. The topological polar surface area (TPSA) is 81.9 Å². The zero-order chi connectivity index (χ0) is 23.1. The molecule has 0 bridgehead atoms. The van der Waals surface area contributed by atoms with Crippen LogP contribution in [0.3, 0.4) is 0 Å². The Bertz CT molecular complexity index is 1220. The number of hydrogen-bond acceptors (Lipinski definition) is 7. The Labute approximate surface area is 186 Å². The fraction of sp³-hybridized carbons (Fsp3) is 0.350. The summed E-state index contributed by atoms with van der Waals surface area (Å²) in [7, 11) is -0.719. The maximum atomic E-state index is 13.2. The third-order valence-corrected chi connectivity index (χ3v) is 8.69. The fourth-order valence-electron chi connectivity index (χ4n) is 3.61. The van der Waals surface area contributed by atoms with Crippen LogP contribution in [0.15, 0.2) is 45.1 Å². The molecule has 0 spiro atoms. The lowest BCUT2D eigenvalue weighted by molar-refractivity contribution is -0.155. The Kier molecular flexibility index (Phi) is 5.94. The van der Waals surface area contributed by atoms with Gasteiger partial charge in [0.25, 0.3) is 10.0 Å². The summed E-state index contributed by atoms with van der Waals surface area (Å²) in [5, 5.41) is 3.41. The van der Waals surface area contributed by atoms with Crippen LogP contribution in [0.2, 0.25) is 0 Å². The van der Waals surface area contributed by atoms with Gasteiger partial charge in [-0.25, -0.2) is 8.42 Å². The molecule has 172 valence electrons. The predicted molar refractivity (Wildman–Crippen MR) is 110 cm³/mol. The van der Waals surface area contributed by atoms with Crippen molar-refractivity contribution < 1.29 is 35.6 Å². The van der Waals surface area contributed by atoms with Crippen LogP contribution in [0.25, 0.3) is 10.6 Å². The van der Waals surface area contributed by atoms with E-state index in [0.29, 0.717) is 24.5 Å². The molecule has 32 heavy (non-hydrogen) atoms. The van der Waals surface area contributed by atoms with E-state index < -0.39 is 22.0 Å². The van der Waals surface area contributed by atoms with Gasteiger partial charge in [-0.05, 0) is 36.8 Å². The number of benzene rings is 1. The smallest absolute Gasteiger partial charge is 0.452 e. The minimum atomic E-state index is -4.66. The highest BCUT2D eigenvalue weighted by Crippen LogP contribution is 2.40. The van der Waals surface area contributed by atoms with Gasteiger partial charge in [0.05, 0.1) is 19.1 Å². The van der Waals surface area contributed by atoms with E-state index in [1.165, 1.54) is 16.4 Å². The van der Waals surface area contributed by atoms with Crippen molar-refractivity contribution in [3.05, 3.63) is 47.7 Å². The quantitative estimate of drug-likeness (QED) is 0.504. The van der Waals surface area contributed by atoms with Crippen molar-refractivity contribution >= 4 is 21.4 Å². The number of sulfonamides is 1. The first kappa shape index (κ1) is 22.6.